The molecule has 31 heavy (non-hydrogen) atoms. The van der Waals surface area contributed by atoms with Crippen LogP contribution in [0.2, 0.25) is 0 Å². The molecule has 0 bridgehead atoms. The Balaban J connectivity index is 1.31. The highest BCUT2D eigenvalue weighted by Gasteiger charge is 2.41. The van der Waals surface area contributed by atoms with Gasteiger partial charge in [0.2, 0.25) is 17.7 Å². The molecule has 2 aromatic heterocycles. The number of nitrogens with zero attached hydrogens (tertiary/aromatic N) is 2. The fourth-order valence-electron chi connectivity index (χ4n) is 4.48. The predicted octanol–water partition coefficient (Wildman–Crippen LogP) is 4.76. The second-order valence-corrected chi connectivity index (χ2v) is 9.57. The van der Waals surface area contributed by atoms with Gasteiger partial charge in [-0.1, -0.05) is 30.3 Å². The van der Waals surface area contributed by atoms with Crippen LogP contribution in [-0.2, 0) is 21.4 Å². The Morgan fingerprint density at radius 2 is 2.03 bits per heavy atom. The molecule has 0 unspecified atom stereocenters. The van der Waals surface area contributed by atoms with E-state index in [2.05, 4.69) is 53.6 Å². The Kier molecular flexibility index (Phi) is 6.53. The molecule has 1 atom stereocenters. The summed E-state index contributed by atoms with van der Waals surface area (Å²) in [7, 11) is 0. The minimum absolute atomic E-state index is 0.00446. The third kappa shape index (κ3) is 5.40. The van der Waals surface area contributed by atoms with E-state index in [1.807, 2.05) is 22.9 Å². The molecule has 164 valence electrons. The number of aromatic nitrogens is 2. The number of carbonyl (C=O) groups excluding carboxylic acids is 1. The third-order valence-electron chi connectivity index (χ3n) is 5.95. The van der Waals surface area contributed by atoms with E-state index in [1.54, 1.807) is 11.3 Å². The van der Waals surface area contributed by atoms with Gasteiger partial charge in [-0.25, -0.2) is 0 Å². The van der Waals surface area contributed by atoms with Gasteiger partial charge in [-0.15, -0.1) is 10.2 Å². The van der Waals surface area contributed by atoms with Gasteiger partial charge in [0.05, 0.1) is 5.60 Å². The maximum Gasteiger partial charge on any atom is 0.248 e. The van der Waals surface area contributed by atoms with Gasteiger partial charge < -0.3 is 14.5 Å². The molecular weight excluding hydrogens is 410 g/mol. The van der Waals surface area contributed by atoms with Gasteiger partial charge in [-0.2, -0.15) is 11.3 Å². The molecule has 0 spiro atoms. The summed E-state index contributed by atoms with van der Waals surface area (Å²) >= 11 is 1.58. The molecule has 1 N–H and O–H groups in total. The van der Waals surface area contributed by atoms with Crippen molar-refractivity contribution in [1.29, 1.82) is 0 Å². The fourth-order valence-corrected chi connectivity index (χ4v) is 5.11. The van der Waals surface area contributed by atoms with Crippen LogP contribution in [0.5, 0.6) is 0 Å². The number of rotatable bonds is 8. The lowest BCUT2D eigenvalue weighted by molar-refractivity contribution is -0.121. The summed E-state index contributed by atoms with van der Waals surface area (Å²) in [5.74, 6) is 0.997. The molecule has 3 heterocycles. The smallest absolute Gasteiger partial charge is 0.248 e. The molecule has 1 aromatic carbocycles. The molecule has 4 rings (SSSR count). The molecule has 6 nitrogen and oxygen atoms in total. The van der Waals surface area contributed by atoms with Crippen LogP contribution in [0.1, 0.15) is 51.0 Å². The zero-order valence-electron chi connectivity index (χ0n) is 18.1. The van der Waals surface area contributed by atoms with Crippen molar-refractivity contribution in [2.45, 2.75) is 57.0 Å². The Hall–Kier alpha value is -2.51. The highest BCUT2D eigenvalue weighted by atomic mass is 32.1. The number of hydrogen-bond acceptors (Lipinski definition) is 6. The molecule has 1 aliphatic rings. The normalized spacial score (nSPS) is 20.5. The largest absolute Gasteiger partial charge is 0.421 e. The lowest BCUT2D eigenvalue weighted by Gasteiger charge is -2.45. The highest BCUT2D eigenvalue weighted by molar-refractivity contribution is 7.08. The first-order valence-electron chi connectivity index (χ1n) is 10.8. The van der Waals surface area contributed by atoms with Gasteiger partial charge >= 0.3 is 0 Å². The average molecular weight is 440 g/mol. The Labute approximate surface area is 187 Å². The monoisotopic (exact) mass is 439 g/mol. The number of hydrogen-bond donors (Lipinski definition) is 1. The van der Waals surface area contributed by atoms with Crippen LogP contribution in [-0.4, -0.2) is 34.9 Å². The van der Waals surface area contributed by atoms with Crippen molar-refractivity contribution in [3.63, 3.8) is 0 Å². The number of nitrogens with one attached hydrogen (secondary N) is 1. The van der Waals surface area contributed by atoms with E-state index in [9.17, 15) is 4.79 Å². The predicted molar refractivity (Wildman–Crippen MR) is 121 cm³/mol. The molecule has 0 radical (unpaired) electrons. The molecule has 1 saturated heterocycles. The average Bonchev–Trinajstić information content (AvgIpc) is 3.44. The van der Waals surface area contributed by atoms with Crippen LogP contribution in [0.3, 0.4) is 0 Å². The minimum atomic E-state index is -0.170. The molecule has 7 heteroatoms. The van der Waals surface area contributed by atoms with E-state index in [1.165, 1.54) is 5.56 Å². The summed E-state index contributed by atoms with van der Waals surface area (Å²) in [5.41, 5.74) is 2.08. The van der Waals surface area contributed by atoms with Gasteiger partial charge in [0.25, 0.3) is 0 Å². The quantitative estimate of drug-likeness (QED) is 0.547. The number of benzene rings is 1. The second kappa shape index (κ2) is 9.32. The molecular formula is C24H29N3O3S. The van der Waals surface area contributed by atoms with E-state index < -0.39 is 0 Å². The highest BCUT2D eigenvalue weighted by Crippen LogP contribution is 2.43. The lowest BCUT2D eigenvalue weighted by Crippen LogP contribution is -2.45. The summed E-state index contributed by atoms with van der Waals surface area (Å²) in [5, 5.41) is 15.1. The number of amides is 1. The SMILES string of the molecule is CC1(C)C[C@@](CCNC(=O)CCc2nnc(-c3ccsc3)o2)(c2ccccc2)CCO1. The van der Waals surface area contributed by atoms with E-state index in [-0.39, 0.29) is 16.9 Å². The summed E-state index contributed by atoms with van der Waals surface area (Å²) in [6, 6.07) is 12.6. The van der Waals surface area contributed by atoms with Crippen LogP contribution < -0.4 is 5.32 Å². The standard InChI is InChI=1S/C24H29N3O3S/c1-23(2)17-24(12-14-29-23,19-6-4-3-5-7-19)11-13-25-20(28)8-9-21-26-27-22(30-21)18-10-15-31-16-18/h3-7,10,15-16H,8-9,11-14,17H2,1-2H3,(H,25,28)/t24-/m0/s1. The first-order valence-corrected chi connectivity index (χ1v) is 11.7. The van der Waals surface area contributed by atoms with Crippen LogP contribution in [0.15, 0.2) is 51.6 Å². The summed E-state index contributed by atoms with van der Waals surface area (Å²) in [6.07, 6.45) is 3.56. The lowest BCUT2D eigenvalue weighted by atomic mass is 9.67. The van der Waals surface area contributed by atoms with Crippen molar-refractivity contribution in [3.8, 4) is 11.5 Å². The van der Waals surface area contributed by atoms with Crippen molar-refractivity contribution in [1.82, 2.24) is 15.5 Å². The third-order valence-corrected chi connectivity index (χ3v) is 6.63. The Morgan fingerprint density at radius 1 is 1.19 bits per heavy atom. The summed E-state index contributed by atoms with van der Waals surface area (Å²) < 4.78 is 11.6. The van der Waals surface area contributed by atoms with Crippen molar-refractivity contribution in [2.24, 2.45) is 0 Å². The van der Waals surface area contributed by atoms with E-state index in [4.69, 9.17) is 9.15 Å². The number of carbonyl (C=O) groups is 1. The molecule has 3 aromatic rings. The number of ether oxygens (including phenoxy) is 1. The van der Waals surface area contributed by atoms with Crippen LogP contribution in [0.4, 0.5) is 0 Å². The maximum atomic E-state index is 12.4. The Morgan fingerprint density at radius 3 is 2.77 bits per heavy atom. The first-order chi connectivity index (χ1) is 15.0. The zero-order chi connectivity index (χ0) is 21.7. The van der Waals surface area contributed by atoms with Crippen molar-refractivity contribution in [2.75, 3.05) is 13.2 Å². The van der Waals surface area contributed by atoms with Crippen LogP contribution >= 0.6 is 11.3 Å². The van der Waals surface area contributed by atoms with Gasteiger partial charge in [0.1, 0.15) is 0 Å². The summed E-state index contributed by atoms with van der Waals surface area (Å²) in [6.45, 7) is 5.67. The molecule has 1 fully saturated rings. The van der Waals surface area contributed by atoms with E-state index in [0.29, 0.717) is 31.2 Å². The summed E-state index contributed by atoms with van der Waals surface area (Å²) in [4.78, 5) is 12.4. The maximum absolute atomic E-state index is 12.4. The fraction of sp³-hybridized carbons (Fsp3) is 0.458. The van der Waals surface area contributed by atoms with Crippen molar-refractivity contribution >= 4 is 17.2 Å². The molecule has 0 saturated carbocycles. The molecule has 0 aliphatic carbocycles. The van der Waals surface area contributed by atoms with Crippen LogP contribution in [0, 0.1) is 0 Å². The van der Waals surface area contributed by atoms with Crippen molar-refractivity contribution in [3.05, 3.63) is 58.6 Å². The van der Waals surface area contributed by atoms with Crippen LogP contribution in [0.25, 0.3) is 11.5 Å². The van der Waals surface area contributed by atoms with E-state index in [0.717, 1.165) is 31.4 Å². The Bertz CT molecular complexity index is 985. The topological polar surface area (TPSA) is 77.3 Å². The van der Waals surface area contributed by atoms with Gasteiger partial charge in [-0.3, -0.25) is 4.79 Å². The molecule has 1 aliphatic heterocycles. The van der Waals surface area contributed by atoms with Crippen molar-refractivity contribution < 1.29 is 13.9 Å². The zero-order valence-corrected chi connectivity index (χ0v) is 18.9. The van der Waals surface area contributed by atoms with E-state index >= 15 is 0 Å². The molecule has 1 amide bonds. The number of aryl methyl sites for hydroxylation is 1. The van der Waals surface area contributed by atoms with Gasteiger partial charge in [-0.05, 0) is 50.1 Å². The van der Waals surface area contributed by atoms with Gasteiger partial charge in [0, 0.05) is 42.4 Å². The number of thiophene rings is 1. The second-order valence-electron chi connectivity index (χ2n) is 8.79. The van der Waals surface area contributed by atoms with Gasteiger partial charge in [0.15, 0.2) is 0 Å². The minimum Gasteiger partial charge on any atom is -0.421 e. The first kappa shape index (κ1) is 21.7.